The van der Waals surface area contributed by atoms with Gasteiger partial charge in [-0.25, -0.2) is 9.37 Å². The molecule has 10 heteroatoms. The second-order valence-corrected chi connectivity index (χ2v) is 6.72. The molecule has 3 rings (SSSR count). The summed E-state index contributed by atoms with van der Waals surface area (Å²) in [5.74, 6) is -0.848. The smallest absolute Gasteiger partial charge is 0.299 e. The predicted molar refractivity (Wildman–Crippen MR) is 76.1 cm³/mol. The Morgan fingerprint density at radius 1 is 1.43 bits per heavy atom. The van der Waals surface area contributed by atoms with Crippen LogP contribution in [0.4, 0.5) is 10.2 Å². The Labute approximate surface area is 122 Å². The van der Waals surface area contributed by atoms with Gasteiger partial charge in [0.2, 0.25) is 0 Å². The summed E-state index contributed by atoms with van der Waals surface area (Å²) < 4.78 is 46.0. The lowest BCUT2D eigenvalue weighted by Crippen LogP contribution is -2.02. The summed E-state index contributed by atoms with van der Waals surface area (Å²) in [6.07, 6.45) is 0. The lowest BCUT2D eigenvalue weighted by molar-refractivity contribution is 0.475. The van der Waals surface area contributed by atoms with Crippen molar-refractivity contribution in [1.82, 2.24) is 15.2 Å². The zero-order valence-electron chi connectivity index (χ0n) is 10.6. The van der Waals surface area contributed by atoms with Crippen LogP contribution in [0.5, 0.6) is 0 Å². The number of aromatic amines is 1. The molecule has 0 radical (unpaired) electrons. The van der Waals surface area contributed by atoms with E-state index in [1.165, 1.54) is 6.07 Å². The standard InChI is InChI=1S/C11H9FN4O3S2/c1-4-7(10(13)16-15-4)11-14-8-6(20-11)3-2-5(12)9(8)21(17,18)19/h2-3H,1H3,(H3,13,15,16)(H,17,18,19). The topological polar surface area (TPSA) is 122 Å². The minimum Gasteiger partial charge on any atom is -0.382 e. The van der Waals surface area contributed by atoms with Gasteiger partial charge in [-0.1, -0.05) is 0 Å². The Hall–Kier alpha value is -2.04. The van der Waals surface area contributed by atoms with Crippen molar-refractivity contribution in [3.8, 4) is 10.6 Å². The predicted octanol–water partition coefficient (Wildman–Crippen LogP) is 1.96. The number of anilines is 1. The molecular weight excluding hydrogens is 319 g/mol. The van der Waals surface area contributed by atoms with E-state index in [2.05, 4.69) is 15.2 Å². The zero-order chi connectivity index (χ0) is 15.4. The van der Waals surface area contributed by atoms with E-state index in [0.29, 0.717) is 21.0 Å². The second-order valence-electron chi connectivity index (χ2n) is 4.33. The molecular formula is C11H9FN4O3S2. The Balaban J connectivity index is 2.37. The van der Waals surface area contributed by atoms with Gasteiger partial charge in [-0.05, 0) is 19.1 Å². The maximum atomic E-state index is 13.7. The molecule has 2 aromatic heterocycles. The number of nitrogens with two attached hydrogens (primary N) is 1. The zero-order valence-corrected chi connectivity index (χ0v) is 12.2. The summed E-state index contributed by atoms with van der Waals surface area (Å²) in [6.45, 7) is 1.73. The first-order valence-corrected chi connectivity index (χ1v) is 7.92. The average molecular weight is 328 g/mol. The van der Waals surface area contributed by atoms with Gasteiger partial charge in [0.1, 0.15) is 16.3 Å². The number of nitrogens with zero attached hydrogens (tertiary/aromatic N) is 2. The molecule has 0 aliphatic carbocycles. The van der Waals surface area contributed by atoms with Crippen LogP contribution in [0.3, 0.4) is 0 Å². The maximum Gasteiger partial charge on any atom is 0.299 e. The fraction of sp³-hybridized carbons (Fsp3) is 0.0909. The number of rotatable bonds is 2. The van der Waals surface area contributed by atoms with Crippen molar-refractivity contribution in [2.75, 3.05) is 5.73 Å². The number of nitrogen functional groups attached to an aromatic ring is 1. The van der Waals surface area contributed by atoms with E-state index in [0.717, 1.165) is 17.4 Å². The quantitative estimate of drug-likeness (QED) is 0.618. The minimum atomic E-state index is -4.72. The second kappa shape index (κ2) is 4.48. The Morgan fingerprint density at radius 2 is 2.14 bits per heavy atom. The highest BCUT2D eigenvalue weighted by atomic mass is 32.2. The molecule has 0 aliphatic heterocycles. The summed E-state index contributed by atoms with van der Waals surface area (Å²) in [7, 11) is -4.72. The normalized spacial score (nSPS) is 12.1. The minimum absolute atomic E-state index is 0.127. The summed E-state index contributed by atoms with van der Waals surface area (Å²) in [6, 6.07) is 2.37. The number of aromatic nitrogens is 3. The number of H-pyrrole nitrogens is 1. The summed E-state index contributed by atoms with van der Waals surface area (Å²) in [5, 5.41) is 6.91. The molecule has 110 valence electrons. The van der Waals surface area contributed by atoms with Gasteiger partial charge in [-0.2, -0.15) is 13.5 Å². The van der Waals surface area contributed by atoms with Gasteiger partial charge >= 0.3 is 0 Å². The van der Waals surface area contributed by atoms with Gasteiger partial charge in [0, 0.05) is 5.69 Å². The number of nitrogens with one attached hydrogen (secondary N) is 1. The van der Waals surface area contributed by atoms with Crippen LogP contribution < -0.4 is 5.73 Å². The number of hydrogen-bond acceptors (Lipinski definition) is 6. The monoisotopic (exact) mass is 328 g/mol. The Kier molecular flexibility index (Phi) is 2.97. The van der Waals surface area contributed by atoms with Gasteiger partial charge < -0.3 is 5.73 Å². The molecule has 3 aromatic rings. The van der Waals surface area contributed by atoms with Gasteiger partial charge in [0.15, 0.2) is 10.7 Å². The highest BCUT2D eigenvalue weighted by Crippen LogP contribution is 2.37. The third kappa shape index (κ3) is 2.17. The molecule has 1 aromatic carbocycles. The molecule has 2 heterocycles. The van der Waals surface area contributed by atoms with Crippen molar-refractivity contribution in [1.29, 1.82) is 0 Å². The first-order valence-electron chi connectivity index (χ1n) is 5.66. The molecule has 0 saturated carbocycles. The fourth-order valence-electron chi connectivity index (χ4n) is 2.02. The van der Waals surface area contributed by atoms with Crippen molar-refractivity contribution < 1.29 is 17.4 Å². The molecule has 4 N–H and O–H groups in total. The molecule has 0 bridgehead atoms. The lowest BCUT2D eigenvalue weighted by atomic mass is 10.2. The molecule has 0 atom stereocenters. The first kappa shape index (κ1) is 13.9. The first-order chi connectivity index (χ1) is 9.79. The van der Waals surface area contributed by atoms with Crippen LogP contribution in [0.2, 0.25) is 0 Å². The number of aryl methyl sites for hydroxylation is 1. The molecule has 0 aliphatic rings. The number of fused-ring (bicyclic) bond motifs is 1. The van der Waals surface area contributed by atoms with E-state index >= 15 is 0 Å². The SMILES string of the molecule is Cc1[nH]nc(N)c1-c1nc2c(S(=O)(=O)O)c(F)ccc2s1. The van der Waals surface area contributed by atoms with Crippen molar-refractivity contribution in [2.45, 2.75) is 11.8 Å². The molecule has 0 fully saturated rings. The third-order valence-corrected chi connectivity index (χ3v) is 4.86. The van der Waals surface area contributed by atoms with Gasteiger partial charge in [-0.3, -0.25) is 9.65 Å². The molecule has 0 unspecified atom stereocenters. The van der Waals surface area contributed by atoms with Crippen molar-refractivity contribution >= 4 is 37.5 Å². The van der Waals surface area contributed by atoms with Gasteiger partial charge in [-0.15, -0.1) is 11.3 Å². The van der Waals surface area contributed by atoms with E-state index in [-0.39, 0.29) is 11.3 Å². The summed E-state index contributed by atoms with van der Waals surface area (Å²) in [4.78, 5) is 3.27. The highest BCUT2D eigenvalue weighted by Gasteiger charge is 2.24. The van der Waals surface area contributed by atoms with E-state index in [9.17, 15) is 17.4 Å². The number of hydrogen-bond donors (Lipinski definition) is 3. The average Bonchev–Trinajstić information content (AvgIpc) is 2.90. The van der Waals surface area contributed by atoms with E-state index in [1.807, 2.05) is 0 Å². The number of halogens is 1. The van der Waals surface area contributed by atoms with Crippen LogP contribution in [-0.4, -0.2) is 28.2 Å². The Bertz CT molecular complexity index is 942. The fourth-order valence-corrected chi connectivity index (χ4v) is 3.88. The van der Waals surface area contributed by atoms with Crippen molar-refractivity contribution in [2.24, 2.45) is 0 Å². The van der Waals surface area contributed by atoms with E-state index < -0.39 is 20.8 Å². The van der Waals surface area contributed by atoms with Crippen LogP contribution in [0.1, 0.15) is 5.69 Å². The number of benzene rings is 1. The van der Waals surface area contributed by atoms with Crippen LogP contribution in [0, 0.1) is 12.7 Å². The van der Waals surface area contributed by atoms with Gasteiger partial charge in [0.05, 0.1) is 10.3 Å². The van der Waals surface area contributed by atoms with E-state index in [1.54, 1.807) is 6.92 Å². The summed E-state index contributed by atoms with van der Waals surface area (Å²) in [5.41, 5.74) is 6.78. The maximum absolute atomic E-state index is 13.7. The Morgan fingerprint density at radius 3 is 2.71 bits per heavy atom. The van der Waals surface area contributed by atoms with Gasteiger partial charge in [0.25, 0.3) is 10.1 Å². The molecule has 7 nitrogen and oxygen atoms in total. The molecule has 0 spiro atoms. The van der Waals surface area contributed by atoms with Crippen molar-refractivity contribution in [3.05, 3.63) is 23.6 Å². The van der Waals surface area contributed by atoms with Crippen LogP contribution in [0.15, 0.2) is 17.0 Å². The largest absolute Gasteiger partial charge is 0.382 e. The molecule has 0 saturated heterocycles. The lowest BCUT2D eigenvalue weighted by Gasteiger charge is -1.99. The van der Waals surface area contributed by atoms with Crippen LogP contribution in [0.25, 0.3) is 20.8 Å². The van der Waals surface area contributed by atoms with E-state index in [4.69, 9.17) is 5.73 Å². The van der Waals surface area contributed by atoms with Crippen molar-refractivity contribution in [3.63, 3.8) is 0 Å². The number of thiazole rings is 1. The molecule has 0 amide bonds. The highest BCUT2D eigenvalue weighted by molar-refractivity contribution is 7.86. The summed E-state index contributed by atoms with van der Waals surface area (Å²) >= 11 is 1.13. The molecule has 21 heavy (non-hydrogen) atoms. The third-order valence-electron chi connectivity index (χ3n) is 2.91. The van der Waals surface area contributed by atoms with Crippen LogP contribution >= 0.6 is 11.3 Å². The van der Waals surface area contributed by atoms with Crippen LogP contribution in [-0.2, 0) is 10.1 Å².